The monoisotopic (exact) mass is 463 g/mol. The summed E-state index contributed by atoms with van der Waals surface area (Å²) in [5.41, 5.74) is 0.903. The molecule has 0 unspecified atom stereocenters. The minimum atomic E-state index is -0.588. The van der Waals surface area contributed by atoms with Crippen LogP contribution in [0.25, 0.3) is 17.4 Å². The molecule has 0 aliphatic rings. The molecule has 4 nitrogen and oxygen atoms in total. The third-order valence-corrected chi connectivity index (χ3v) is 6.04. The zero-order valence-corrected chi connectivity index (χ0v) is 20.9. The van der Waals surface area contributed by atoms with Crippen molar-refractivity contribution in [3.8, 4) is 17.4 Å². The largest absolute Gasteiger partial charge is 0.462 e. The van der Waals surface area contributed by atoms with E-state index in [0.29, 0.717) is 18.1 Å². The topological polar surface area (TPSA) is 63.2 Å². The van der Waals surface area contributed by atoms with Crippen LogP contribution in [0.15, 0.2) is 52.5 Å². The molecule has 0 saturated carbocycles. The summed E-state index contributed by atoms with van der Waals surface area (Å²) in [6, 6.07) is 15.2. The Bertz CT molecular complexity index is 876. The molecule has 0 N–H and O–H groups in total. The molecule has 0 fully saturated rings. The van der Waals surface area contributed by atoms with Gasteiger partial charge in [0.2, 0.25) is 0 Å². The first-order valence-corrected chi connectivity index (χ1v) is 13.2. The third-order valence-electron chi connectivity index (χ3n) is 6.04. The van der Waals surface area contributed by atoms with Crippen LogP contribution in [0.3, 0.4) is 0 Å². The number of hydrogen-bond acceptors (Lipinski definition) is 4. The van der Waals surface area contributed by atoms with E-state index < -0.39 is 5.97 Å². The van der Waals surface area contributed by atoms with Crippen LogP contribution in [0, 0.1) is 11.3 Å². The lowest BCUT2D eigenvalue weighted by molar-refractivity contribution is -0.138. The molecule has 0 saturated heterocycles. The van der Waals surface area contributed by atoms with Gasteiger partial charge >= 0.3 is 5.97 Å². The molecule has 0 bridgehead atoms. The van der Waals surface area contributed by atoms with E-state index in [4.69, 9.17) is 9.15 Å². The summed E-state index contributed by atoms with van der Waals surface area (Å²) >= 11 is 0. The highest BCUT2D eigenvalue weighted by Crippen LogP contribution is 2.23. The zero-order chi connectivity index (χ0) is 24.3. The third kappa shape index (κ3) is 11.4. The normalized spacial score (nSPS) is 11.4. The van der Waals surface area contributed by atoms with Crippen molar-refractivity contribution in [1.82, 2.24) is 0 Å². The standard InChI is InChI=1S/C30H41NO3/c1-2-3-4-5-6-7-8-9-10-11-12-13-14-18-23-33-30(32)27(25-31)24-28-21-22-29(34-28)26-19-16-15-17-20-26/h15-17,19-22,24H,2-14,18,23H2,1H3/b27-24+. The van der Waals surface area contributed by atoms with E-state index in [0.717, 1.165) is 18.4 Å². The van der Waals surface area contributed by atoms with Gasteiger partial charge in [0.15, 0.2) is 0 Å². The maximum Gasteiger partial charge on any atom is 0.349 e. The molecule has 1 heterocycles. The summed E-state index contributed by atoms with van der Waals surface area (Å²) in [5.74, 6) is 0.568. The Labute approximate surface area is 206 Å². The number of nitrogens with zero attached hydrogens (tertiary/aromatic N) is 1. The van der Waals surface area contributed by atoms with Gasteiger partial charge in [0, 0.05) is 11.6 Å². The van der Waals surface area contributed by atoms with Crippen LogP contribution in [0.4, 0.5) is 0 Å². The lowest BCUT2D eigenvalue weighted by Crippen LogP contribution is -2.07. The Balaban J connectivity index is 1.53. The number of benzene rings is 1. The Hall–Kier alpha value is -2.80. The Morgan fingerprint density at radius 1 is 0.824 bits per heavy atom. The smallest absolute Gasteiger partial charge is 0.349 e. The van der Waals surface area contributed by atoms with Crippen molar-refractivity contribution < 1.29 is 13.9 Å². The van der Waals surface area contributed by atoms with Crippen molar-refractivity contribution in [3.63, 3.8) is 0 Å². The van der Waals surface area contributed by atoms with Gasteiger partial charge in [-0.1, -0.05) is 121 Å². The molecule has 184 valence electrons. The van der Waals surface area contributed by atoms with Gasteiger partial charge < -0.3 is 9.15 Å². The van der Waals surface area contributed by atoms with Crippen molar-refractivity contribution in [2.45, 2.75) is 96.8 Å². The van der Waals surface area contributed by atoms with E-state index in [-0.39, 0.29) is 5.57 Å². The van der Waals surface area contributed by atoms with Gasteiger partial charge in [0.1, 0.15) is 23.2 Å². The number of unbranched alkanes of at least 4 members (excludes halogenated alkanes) is 13. The zero-order valence-electron chi connectivity index (χ0n) is 20.9. The lowest BCUT2D eigenvalue weighted by atomic mass is 10.0. The molecule has 2 rings (SSSR count). The van der Waals surface area contributed by atoms with Crippen molar-refractivity contribution in [1.29, 1.82) is 5.26 Å². The van der Waals surface area contributed by atoms with Gasteiger partial charge in [-0.15, -0.1) is 0 Å². The lowest BCUT2D eigenvalue weighted by Gasteiger charge is -2.05. The Kier molecular flexibility index (Phi) is 14.2. The number of carbonyl (C=O) groups excluding carboxylic acids is 1. The summed E-state index contributed by atoms with van der Waals surface area (Å²) in [4.78, 5) is 12.2. The van der Waals surface area contributed by atoms with Gasteiger partial charge in [-0.3, -0.25) is 0 Å². The first kappa shape index (κ1) is 27.4. The number of hydrogen-bond donors (Lipinski definition) is 0. The molecule has 1 aromatic carbocycles. The van der Waals surface area contributed by atoms with E-state index >= 15 is 0 Å². The molecule has 0 aliphatic carbocycles. The minimum Gasteiger partial charge on any atom is -0.462 e. The molecule has 2 aromatic rings. The van der Waals surface area contributed by atoms with E-state index in [1.165, 1.54) is 83.1 Å². The molecule has 0 aliphatic heterocycles. The molecule has 0 amide bonds. The first-order chi connectivity index (χ1) is 16.7. The maximum atomic E-state index is 12.2. The SMILES string of the molecule is CCCCCCCCCCCCCCCCOC(=O)/C(C#N)=C/c1ccc(-c2ccccc2)o1. The van der Waals surface area contributed by atoms with Crippen molar-refractivity contribution in [3.05, 3.63) is 53.8 Å². The number of furan rings is 1. The fourth-order valence-electron chi connectivity index (χ4n) is 4.01. The van der Waals surface area contributed by atoms with Crippen LogP contribution in [-0.4, -0.2) is 12.6 Å². The van der Waals surface area contributed by atoms with Crippen LogP contribution in [0.2, 0.25) is 0 Å². The highest BCUT2D eigenvalue weighted by molar-refractivity contribution is 5.97. The van der Waals surface area contributed by atoms with Crippen LogP contribution in [0.5, 0.6) is 0 Å². The molecule has 4 heteroatoms. The van der Waals surface area contributed by atoms with Crippen LogP contribution >= 0.6 is 0 Å². The van der Waals surface area contributed by atoms with Crippen molar-refractivity contribution >= 4 is 12.0 Å². The molecular formula is C30H41NO3. The molecule has 0 spiro atoms. The number of esters is 1. The summed E-state index contributed by atoms with van der Waals surface area (Å²) < 4.78 is 11.0. The molecular weight excluding hydrogens is 422 g/mol. The van der Waals surface area contributed by atoms with E-state index in [2.05, 4.69) is 6.92 Å². The van der Waals surface area contributed by atoms with Gasteiger partial charge in [0.25, 0.3) is 0 Å². The van der Waals surface area contributed by atoms with Gasteiger partial charge in [-0.25, -0.2) is 4.79 Å². The second-order valence-electron chi connectivity index (χ2n) is 8.97. The van der Waals surface area contributed by atoms with Gasteiger partial charge in [-0.2, -0.15) is 5.26 Å². The number of nitriles is 1. The van der Waals surface area contributed by atoms with E-state index in [1.54, 1.807) is 6.07 Å². The highest BCUT2D eigenvalue weighted by Gasteiger charge is 2.12. The number of carbonyl (C=O) groups is 1. The van der Waals surface area contributed by atoms with Crippen molar-refractivity contribution in [2.75, 3.05) is 6.61 Å². The average molecular weight is 464 g/mol. The Morgan fingerprint density at radius 3 is 1.94 bits per heavy atom. The fraction of sp³-hybridized carbons (Fsp3) is 0.533. The van der Waals surface area contributed by atoms with E-state index in [1.807, 2.05) is 42.5 Å². The first-order valence-electron chi connectivity index (χ1n) is 13.2. The minimum absolute atomic E-state index is 0.0423. The highest BCUT2D eigenvalue weighted by atomic mass is 16.5. The summed E-state index contributed by atoms with van der Waals surface area (Å²) in [6.45, 7) is 2.61. The predicted octanol–water partition coefficient (Wildman–Crippen LogP) is 8.88. The fourth-order valence-corrected chi connectivity index (χ4v) is 4.01. The number of rotatable bonds is 18. The van der Waals surface area contributed by atoms with Crippen molar-refractivity contribution in [2.24, 2.45) is 0 Å². The molecule has 1 aromatic heterocycles. The quantitative estimate of drug-likeness (QED) is 0.0958. The van der Waals surface area contributed by atoms with Gasteiger partial charge in [0.05, 0.1) is 6.61 Å². The summed E-state index contributed by atoms with van der Waals surface area (Å²) in [5, 5.41) is 9.35. The van der Waals surface area contributed by atoms with E-state index in [9.17, 15) is 10.1 Å². The number of ether oxygens (including phenoxy) is 1. The van der Waals surface area contributed by atoms with Crippen LogP contribution in [0.1, 0.15) is 103 Å². The van der Waals surface area contributed by atoms with Gasteiger partial charge in [-0.05, 0) is 18.6 Å². The second-order valence-corrected chi connectivity index (χ2v) is 8.97. The van der Waals surface area contributed by atoms with Crippen LogP contribution in [-0.2, 0) is 9.53 Å². The summed E-state index contributed by atoms with van der Waals surface area (Å²) in [6.07, 6.45) is 19.4. The summed E-state index contributed by atoms with van der Waals surface area (Å²) in [7, 11) is 0. The molecule has 0 atom stereocenters. The average Bonchev–Trinajstić information content (AvgIpc) is 3.34. The predicted molar refractivity (Wildman–Crippen MR) is 139 cm³/mol. The molecule has 34 heavy (non-hydrogen) atoms. The second kappa shape index (κ2) is 17.6. The maximum absolute atomic E-state index is 12.2. The van der Waals surface area contributed by atoms with Crippen LogP contribution < -0.4 is 0 Å². The molecule has 0 radical (unpaired) electrons. The Morgan fingerprint density at radius 2 is 1.38 bits per heavy atom.